The van der Waals surface area contributed by atoms with E-state index in [0.717, 1.165) is 57.0 Å². The van der Waals surface area contributed by atoms with Gasteiger partial charge in [-0.1, -0.05) is 11.6 Å². The Morgan fingerprint density at radius 2 is 2.15 bits per heavy atom. The summed E-state index contributed by atoms with van der Waals surface area (Å²) in [5.74, 6) is -0.305. The lowest BCUT2D eigenvalue weighted by Crippen LogP contribution is -2.40. The third-order valence-corrected chi connectivity index (χ3v) is 6.51. The van der Waals surface area contributed by atoms with Crippen molar-refractivity contribution in [3.05, 3.63) is 34.5 Å². The Bertz CT molecular complexity index is 708. The molecule has 1 saturated heterocycles. The Morgan fingerprint density at radius 3 is 2.89 bits per heavy atom. The first-order valence-corrected chi connectivity index (χ1v) is 11.2. The van der Waals surface area contributed by atoms with Gasteiger partial charge in [-0.15, -0.1) is 11.3 Å². The summed E-state index contributed by atoms with van der Waals surface area (Å²) in [6.07, 6.45) is 6.00. The maximum atomic E-state index is 14.3. The normalized spacial score (nSPS) is 15.8. The van der Waals surface area contributed by atoms with Gasteiger partial charge in [0.15, 0.2) is 5.13 Å². The quantitative estimate of drug-likeness (QED) is 0.397. The summed E-state index contributed by atoms with van der Waals surface area (Å²) >= 11 is 8.94. The number of unbranched alkanes of at least 4 members (excludes halogenated alkanes) is 1. The highest BCUT2D eigenvalue weighted by Gasteiger charge is 2.15. The first-order valence-electron chi connectivity index (χ1n) is 9.15. The van der Waals surface area contributed by atoms with Crippen molar-refractivity contribution in [2.24, 2.45) is 5.73 Å². The zero-order chi connectivity index (χ0) is 19.1. The molecule has 9 heteroatoms. The summed E-state index contributed by atoms with van der Waals surface area (Å²) in [5.41, 5.74) is 6.57. The highest BCUT2D eigenvalue weighted by atomic mass is 35.5. The Hall–Kier alpha value is -1.06. The van der Waals surface area contributed by atoms with Gasteiger partial charge in [0.1, 0.15) is 5.82 Å². The molecule has 0 atom stereocenters. The highest BCUT2D eigenvalue weighted by Crippen LogP contribution is 2.32. The molecule has 3 rings (SSSR count). The molecule has 1 aliphatic heterocycles. The van der Waals surface area contributed by atoms with Crippen molar-refractivity contribution in [2.45, 2.75) is 36.6 Å². The molecule has 1 aromatic carbocycles. The van der Waals surface area contributed by atoms with Crippen molar-refractivity contribution < 1.29 is 4.39 Å². The smallest absolute Gasteiger partial charge is 0.192 e. The molecule has 148 valence electrons. The highest BCUT2D eigenvalue weighted by molar-refractivity contribution is 8.00. The minimum atomic E-state index is -0.305. The molecule has 1 aliphatic rings. The van der Waals surface area contributed by atoms with Crippen LogP contribution in [0.1, 0.15) is 25.7 Å². The summed E-state index contributed by atoms with van der Waals surface area (Å²) in [6.45, 7) is 4.06. The van der Waals surface area contributed by atoms with Gasteiger partial charge in [-0.3, -0.25) is 0 Å². The number of rotatable bonds is 9. The summed E-state index contributed by atoms with van der Waals surface area (Å²) in [5, 5.41) is 6.35. The lowest BCUT2D eigenvalue weighted by Gasteiger charge is -2.29. The minimum absolute atomic E-state index is 0.305. The SMILES string of the molecule is NC1CCN(CCCCNc2cc(F)c(SNc3nccs3)cc2Cl)CC1. The van der Waals surface area contributed by atoms with Crippen LogP contribution in [0, 0.1) is 5.82 Å². The Morgan fingerprint density at radius 1 is 1.33 bits per heavy atom. The van der Waals surface area contributed by atoms with Crippen LogP contribution >= 0.6 is 34.9 Å². The number of piperidine rings is 1. The first kappa shape index (κ1) is 20.7. The lowest BCUT2D eigenvalue weighted by atomic mass is 10.1. The molecule has 1 aromatic heterocycles. The van der Waals surface area contributed by atoms with Crippen LogP contribution in [0.2, 0.25) is 5.02 Å². The monoisotopic (exact) mass is 429 g/mol. The second kappa shape index (κ2) is 10.5. The maximum absolute atomic E-state index is 14.3. The average molecular weight is 430 g/mol. The van der Waals surface area contributed by atoms with Gasteiger partial charge in [0, 0.05) is 24.2 Å². The summed E-state index contributed by atoms with van der Waals surface area (Å²) in [7, 11) is 0. The molecule has 4 N–H and O–H groups in total. The third kappa shape index (κ3) is 6.50. The number of benzene rings is 1. The van der Waals surface area contributed by atoms with E-state index in [2.05, 4.69) is 19.9 Å². The van der Waals surface area contributed by atoms with Crippen molar-refractivity contribution >= 4 is 45.7 Å². The zero-order valence-electron chi connectivity index (χ0n) is 15.1. The van der Waals surface area contributed by atoms with Crippen molar-refractivity contribution in [3.63, 3.8) is 0 Å². The first-order chi connectivity index (χ1) is 13.1. The second-order valence-electron chi connectivity index (χ2n) is 6.62. The van der Waals surface area contributed by atoms with Crippen LogP contribution in [0.15, 0.2) is 28.6 Å². The van der Waals surface area contributed by atoms with Crippen LogP contribution < -0.4 is 15.8 Å². The molecule has 5 nitrogen and oxygen atoms in total. The van der Waals surface area contributed by atoms with Gasteiger partial charge in [0.05, 0.1) is 15.6 Å². The largest absolute Gasteiger partial charge is 0.384 e. The van der Waals surface area contributed by atoms with E-state index in [-0.39, 0.29) is 5.82 Å². The molecule has 0 radical (unpaired) electrons. The fraction of sp³-hybridized carbons (Fsp3) is 0.500. The molecule has 0 amide bonds. The van der Waals surface area contributed by atoms with E-state index in [1.165, 1.54) is 29.4 Å². The van der Waals surface area contributed by atoms with E-state index in [9.17, 15) is 4.39 Å². The van der Waals surface area contributed by atoms with Crippen LogP contribution in [-0.4, -0.2) is 42.1 Å². The molecule has 0 bridgehead atoms. The standard InChI is InChI=1S/C18H25ClFN5S2/c19-14-11-17(27-24-18-23-6-10-26-18)15(20)12-16(14)22-5-1-2-7-25-8-3-13(21)4-9-25/h6,10-13,22H,1-5,7-9,21H2,(H,23,24). The molecular weight excluding hydrogens is 405 g/mol. The number of nitrogens with one attached hydrogen (secondary N) is 2. The van der Waals surface area contributed by atoms with E-state index >= 15 is 0 Å². The molecule has 0 saturated carbocycles. The van der Waals surface area contributed by atoms with Gasteiger partial charge < -0.3 is 20.7 Å². The topological polar surface area (TPSA) is 66.2 Å². The number of nitrogens with two attached hydrogens (primary N) is 1. The third-order valence-electron chi connectivity index (χ3n) is 4.55. The van der Waals surface area contributed by atoms with Gasteiger partial charge in [0.25, 0.3) is 0 Å². The Kier molecular flexibility index (Phi) is 8.02. The molecule has 2 aromatic rings. The van der Waals surface area contributed by atoms with Crippen molar-refractivity contribution in [1.82, 2.24) is 9.88 Å². The number of hydrogen-bond donors (Lipinski definition) is 3. The number of anilines is 2. The lowest BCUT2D eigenvalue weighted by molar-refractivity contribution is 0.210. The molecular formula is C18H25ClFN5S2. The number of nitrogens with zero attached hydrogens (tertiary/aromatic N) is 2. The van der Waals surface area contributed by atoms with E-state index < -0.39 is 0 Å². The predicted octanol–water partition coefficient (Wildman–Crippen LogP) is 4.67. The van der Waals surface area contributed by atoms with Crippen LogP contribution in [0.4, 0.5) is 15.2 Å². The molecule has 27 heavy (non-hydrogen) atoms. The van der Waals surface area contributed by atoms with E-state index in [0.29, 0.717) is 21.6 Å². The number of likely N-dealkylation sites (tertiary alicyclic amines) is 1. The Balaban J connectivity index is 1.40. The van der Waals surface area contributed by atoms with Crippen molar-refractivity contribution in [1.29, 1.82) is 0 Å². The van der Waals surface area contributed by atoms with Crippen LogP contribution in [0.3, 0.4) is 0 Å². The predicted molar refractivity (Wildman–Crippen MR) is 114 cm³/mol. The fourth-order valence-corrected chi connectivity index (χ4v) is 4.54. The average Bonchev–Trinajstić information content (AvgIpc) is 3.18. The van der Waals surface area contributed by atoms with E-state index in [4.69, 9.17) is 17.3 Å². The van der Waals surface area contributed by atoms with Gasteiger partial charge in [-0.2, -0.15) is 0 Å². The summed E-state index contributed by atoms with van der Waals surface area (Å²) in [6, 6.07) is 3.47. The molecule has 0 unspecified atom stereocenters. The van der Waals surface area contributed by atoms with Gasteiger partial charge in [-0.25, -0.2) is 9.37 Å². The zero-order valence-corrected chi connectivity index (χ0v) is 17.5. The number of thiazole rings is 1. The molecule has 1 fully saturated rings. The van der Waals surface area contributed by atoms with Crippen LogP contribution in [-0.2, 0) is 0 Å². The van der Waals surface area contributed by atoms with Crippen LogP contribution in [0.25, 0.3) is 0 Å². The van der Waals surface area contributed by atoms with Gasteiger partial charge in [0.2, 0.25) is 0 Å². The fourth-order valence-electron chi connectivity index (χ4n) is 2.97. The number of hydrogen-bond acceptors (Lipinski definition) is 7. The summed E-state index contributed by atoms with van der Waals surface area (Å²) < 4.78 is 17.3. The minimum Gasteiger partial charge on any atom is -0.384 e. The van der Waals surface area contributed by atoms with Crippen LogP contribution in [0.5, 0.6) is 0 Å². The van der Waals surface area contributed by atoms with E-state index in [1.54, 1.807) is 12.3 Å². The van der Waals surface area contributed by atoms with Gasteiger partial charge in [-0.05, 0) is 69.4 Å². The van der Waals surface area contributed by atoms with Gasteiger partial charge >= 0.3 is 0 Å². The van der Waals surface area contributed by atoms with Crippen molar-refractivity contribution in [3.8, 4) is 0 Å². The molecule has 0 spiro atoms. The maximum Gasteiger partial charge on any atom is 0.192 e. The molecule has 2 heterocycles. The van der Waals surface area contributed by atoms with Crippen molar-refractivity contribution in [2.75, 3.05) is 36.2 Å². The number of aromatic nitrogens is 1. The molecule has 0 aliphatic carbocycles. The second-order valence-corrected chi connectivity index (χ2v) is 8.77. The van der Waals surface area contributed by atoms with E-state index in [1.807, 2.05) is 5.38 Å². The number of halogens is 2. The Labute approximate surface area is 173 Å². The summed E-state index contributed by atoms with van der Waals surface area (Å²) in [4.78, 5) is 7.02.